The zero-order chi connectivity index (χ0) is 13.5. The molecule has 1 aromatic rings. The average Bonchev–Trinajstić information content (AvgIpc) is 2.45. The molecule has 0 spiro atoms. The van der Waals surface area contributed by atoms with E-state index in [1.54, 1.807) is 11.8 Å². The Kier molecular flexibility index (Phi) is 5.47. The number of rotatable bonds is 5. The van der Waals surface area contributed by atoms with Crippen molar-refractivity contribution in [2.75, 3.05) is 0 Å². The summed E-state index contributed by atoms with van der Waals surface area (Å²) < 4.78 is 0. The van der Waals surface area contributed by atoms with Crippen LogP contribution >= 0.6 is 11.8 Å². The lowest BCUT2D eigenvalue weighted by Gasteiger charge is -2.28. The van der Waals surface area contributed by atoms with Crippen LogP contribution in [0.1, 0.15) is 38.5 Å². The number of Topliss-reactive ketones (excluding diaryl/α,β-unsaturated/α-hetero) is 1. The first kappa shape index (κ1) is 14.1. The second kappa shape index (κ2) is 7.35. The van der Waals surface area contributed by atoms with E-state index >= 15 is 0 Å². The number of nitriles is 1. The van der Waals surface area contributed by atoms with Crippen LogP contribution in [0.4, 0.5) is 0 Å². The van der Waals surface area contributed by atoms with Gasteiger partial charge in [0.1, 0.15) is 5.78 Å². The Morgan fingerprint density at radius 1 is 1.32 bits per heavy atom. The van der Waals surface area contributed by atoms with Gasteiger partial charge in [0, 0.05) is 28.9 Å². The molecule has 0 bridgehead atoms. The molecule has 1 saturated carbocycles. The predicted molar refractivity (Wildman–Crippen MR) is 77.9 cm³/mol. The normalized spacial score (nSPS) is 20.8. The monoisotopic (exact) mass is 273 g/mol. The van der Waals surface area contributed by atoms with E-state index in [-0.39, 0.29) is 11.2 Å². The molecule has 0 saturated heterocycles. The van der Waals surface area contributed by atoms with Gasteiger partial charge in [0.2, 0.25) is 0 Å². The topological polar surface area (TPSA) is 40.9 Å². The molecule has 3 heteroatoms. The molecule has 2 atom stereocenters. The van der Waals surface area contributed by atoms with Crippen molar-refractivity contribution >= 4 is 17.5 Å². The summed E-state index contributed by atoms with van der Waals surface area (Å²) in [5.41, 5.74) is 0. The van der Waals surface area contributed by atoms with E-state index in [1.165, 1.54) is 4.90 Å². The minimum absolute atomic E-state index is 0.146. The smallest absolute Gasteiger partial charge is 0.137 e. The largest absolute Gasteiger partial charge is 0.299 e. The fourth-order valence-electron chi connectivity index (χ4n) is 2.63. The summed E-state index contributed by atoms with van der Waals surface area (Å²) in [6.45, 7) is 0. The van der Waals surface area contributed by atoms with Gasteiger partial charge in [-0.15, -0.1) is 11.8 Å². The second-order valence-electron chi connectivity index (χ2n) is 4.98. The molecule has 2 unspecified atom stereocenters. The van der Waals surface area contributed by atoms with E-state index in [0.717, 1.165) is 32.1 Å². The Labute approximate surface area is 119 Å². The average molecular weight is 273 g/mol. The summed E-state index contributed by atoms with van der Waals surface area (Å²) >= 11 is 1.77. The minimum atomic E-state index is 0.146. The van der Waals surface area contributed by atoms with E-state index in [9.17, 15) is 4.79 Å². The van der Waals surface area contributed by atoms with Crippen LogP contribution in [0.25, 0.3) is 0 Å². The molecule has 1 aromatic carbocycles. The first-order valence-electron chi connectivity index (χ1n) is 6.92. The van der Waals surface area contributed by atoms with Crippen molar-refractivity contribution in [3.8, 4) is 6.07 Å². The van der Waals surface area contributed by atoms with Crippen molar-refractivity contribution in [1.29, 1.82) is 5.26 Å². The van der Waals surface area contributed by atoms with Crippen molar-refractivity contribution in [3.63, 3.8) is 0 Å². The molecule has 0 aromatic heterocycles. The third kappa shape index (κ3) is 4.11. The van der Waals surface area contributed by atoms with Crippen LogP contribution in [0.15, 0.2) is 35.2 Å². The van der Waals surface area contributed by atoms with Crippen LogP contribution in [0.3, 0.4) is 0 Å². The summed E-state index contributed by atoms with van der Waals surface area (Å²) in [5, 5.41) is 9.06. The Balaban J connectivity index is 2.06. The van der Waals surface area contributed by atoms with E-state index in [4.69, 9.17) is 5.26 Å². The second-order valence-corrected chi connectivity index (χ2v) is 6.30. The van der Waals surface area contributed by atoms with Crippen LogP contribution in [0.2, 0.25) is 0 Å². The number of carbonyl (C=O) groups is 1. The number of hydrogen-bond acceptors (Lipinski definition) is 3. The summed E-state index contributed by atoms with van der Waals surface area (Å²) in [7, 11) is 0. The van der Waals surface area contributed by atoms with Gasteiger partial charge in [-0.1, -0.05) is 24.6 Å². The number of hydrogen-bond donors (Lipinski definition) is 0. The highest BCUT2D eigenvalue weighted by Crippen LogP contribution is 2.36. The highest BCUT2D eigenvalue weighted by Gasteiger charge is 2.30. The predicted octanol–water partition coefficient (Wildman–Crippen LogP) is 4.21. The van der Waals surface area contributed by atoms with Crippen LogP contribution in [-0.4, -0.2) is 11.0 Å². The molecule has 1 fully saturated rings. The SMILES string of the molecule is N#CCCC(Sc1ccccc1)C1CCCCC1=O. The highest BCUT2D eigenvalue weighted by molar-refractivity contribution is 8.00. The van der Waals surface area contributed by atoms with Gasteiger partial charge in [-0.3, -0.25) is 4.79 Å². The van der Waals surface area contributed by atoms with E-state index in [2.05, 4.69) is 18.2 Å². The van der Waals surface area contributed by atoms with Gasteiger partial charge >= 0.3 is 0 Å². The third-order valence-electron chi connectivity index (χ3n) is 3.62. The molecule has 0 amide bonds. The fourth-order valence-corrected chi connectivity index (χ4v) is 3.98. The number of thioether (sulfide) groups is 1. The molecule has 19 heavy (non-hydrogen) atoms. The molecule has 2 rings (SSSR count). The standard InChI is InChI=1S/C16H19NOS/c17-12-6-11-16(14-9-4-5-10-15(14)18)19-13-7-2-1-3-8-13/h1-3,7-8,14,16H,4-6,9-11H2. The third-order valence-corrected chi connectivity index (χ3v) is 5.03. The van der Waals surface area contributed by atoms with Crippen molar-refractivity contribution in [2.24, 2.45) is 5.92 Å². The van der Waals surface area contributed by atoms with E-state index in [0.29, 0.717) is 12.2 Å². The van der Waals surface area contributed by atoms with Gasteiger partial charge < -0.3 is 0 Å². The first-order valence-corrected chi connectivity index (χ1v) is 7.80. The van der Waals surface area contributed by atoms with E-state index < -0.39 is 0 Å². The van der Waals surface area contributed by atoms with E-state index in [1.807, 2.05) is 18.2 Å². The molecular formula is C16H19NOS. The Morgan fingerprint density at radius 2 is 2.11 bits per heavy atom. The lowest BCUT2D eigenvalue weighted by molar-refractivity contribution is -0.124. The van der Waals surface area contributed by atoms with Gasteiger partial charge in [-0.25, -0.2) is 0 Å². The summed E-state index contributed by atoms with van der Waals surface area (Å²) in [4.78, 5) is 13.3. The zero-order valence-electron chi connectivity index (χ0n) is 11.0. The maximum atomic E-state index is 12.1. The minimum Gasteiger partial charge on any atom is -0.299 e. The van der Waals surface area contributed by atoms with Crippen molar-refractivity contribution in [2.45, 2.75) is 48.7 Å². The molecule has 1 aliphatic rings. The van der Waals surface area contributed by atoms with Gasteiger partial charge in [0.05, 0.1) is 6.07 Å². The van der Waals surface area contributed by atoms with Crippen LogP contribution in [0.5, 0.6) is 0 Å². The van der Waals surface area contributed by atoms with Gasteiger partial charge in [0.25, 0.3) is 0 Å². The van der Waals surface area contributed by atoms with Crippen molar-refractivity contribution in [3.05, 3.63) is 30.3 Å². The molecule has 2 nitrogen and oxygen atoms in total. The molecule has 0 radical (unpaired) electrons. The molecular weight excluding hydrogens is 254 g/mol. The number of benzene rings is 1. The van der Waals surface area contributed by atoms with Gasteiger partial charge in [-0.05, 0) is 31.4 Å². The zero-order valence-corrected chi connectivity index (χ0v) is 11.9. The summed E-state index contributed by atoms with van der Waals surface area (Å²) in [6, 6.07) is 12.4. The number of nitrogens with zero attached hydrogens (tertiary/aromatic N) is 1. The highest BCUT2D eigenvalue weighted by atomic mass is 32.2. The molecule has 1 aliphatic carbocycles. The van der Waals surface area contributed by atoms with Crippen LogP contribution < -0.4 is 0 Å². The van der Waals surface area contributed by atoms with Gasteiger partial charge in [-0.2, -0.15) is 5.26 Å². The lowest BCUT2D eigenvalue weighted by Crippen LogP contribution is -2.29. The van der Waals surface area contributed by atoms with Crippen molar-refractivity contribution < 1.29 is 4.79 Å². The Morgan fingerprint density at radius 3 is 2.79 bits per heavy atom. The Bertz CT molecular complexity index is 452. The lowest BCUT2D eigenvalue weighted by atomic mass is 9.84. The molecule has 0 aliphatic heterocycles. The fraction of sp³-hybridized carbons (Fsp3) is 0.500. The first-order chi connectivity index (χ1) is 9.31. The van der Waals surface area contributed by atoms with Gasteiger partial charge in [0.15, 0.2) is 0 Å². The Hall–Kier alpha value is -1.27. The quantitative estimate of drug-likeness (QED) is 0.754. The van der Waals surface area contributed by atoms with Crippen LogP contribution in [0, 0.1) is 17.2 Å². The molecule has 100 valence electrons. The summed E-state index contributed by atoms with van der Waals surface area (Å²) in [5.74, 6) is 0.546. The summed E-state index contributed by atoms with van der Waals surface area (Å²) in [6.07, 6.45) is 5.25. The molecule has 0 heterocycles. The maximum Gasteiger partial charge on any atom is 0.137 e. The van der Waals surface area contributed by atoms with Crippen molar-refractivity contribution in [1.82, 2.24) is 0 Å². The number of carbonyl (C=O) groups excluding carboxylic acids is 1. The molecule has 0 N–H and O–H groups in total. The van der Waals surface area contributed by atoms with Crippen LogP contribution in [-0.2, 0) is 4.79 Å². The number of ketones is 1. The maximum absolute atomic E-state index is 12.1.